The molecule has 2 aromatic rings. The highest BCUT2D eigenvalue weighted by molar-refractivity contribution is 5.72. The van der Waals surface area contributed by atoms with E-state index in [1.165, 1.54) is 6.07 Å². The Morgan fingerprint density at radius 1 is 0.867 bits per heavy atom. The summed E-state index contributed by atoms with van der Waals surface area (Å²) < 4.78 is 0. The van der Waals surface area contributed by atoms with E-state index < -0.39 is 0 Å². The number of hydrogen-bond acceptors (Lipinski definition) is 2. The second kappa shape index (κ2) is 3.53. The SMILES string of the molecule is Nc1cccc(-c2ccc([O])c(N)c2)c1. The molecule has 0 aliphatic rings. The molecule has 75 valence electrons. The van der Waals surface area contributed by atoms with Gasteiger partial charge in [0.05, 0.1) is 5.69 Å². The molecule has 0 aliphatic heterocycles. The second-order valence-electron chi connectivity index (χ2n) is 3.38. The number of hydrogen-bond donors (Lipinski definition) is 2. The zero-order valence-electron chi connectivity index (χ0n) is 8.10. The quantitative estimate of drug-likeness (QED) is 0.693. The highest BCUT2D eigenvalue weighted by atomic mass is 16.3. The van der Waals surface area contributed by atoms with Crippen LogP contribution in [0.25, 0.3) is 11.1 Å². The monoisotopic (exact) mass is 199 g/mol. The lowest BCUT2D eigenvalue weighted by atomic mass is 10.0. The molecule has 0 spiro atoms. The van der Waals surface area contributed by atoms with Crippen molar-refractivity contribution in [3.8, 4) is 16.9 Å². The Morgan fingerprint density at radius 2 is 1.60 bits per heavy atom. The molecule has 0 fully saturated rings. The van der Waals surface area contributed by atoms with Gasteiger partial charge in [-0.1, -0.05) is 18.2 Å². The molecule has 0 amide bonds. The molecule has 0 atom stereocenters. The van der Waals surface area contributed by atoms with E-state index >= 15 is 0 Å². The molecule has 3 heteroatoms. The molecule has 0 aromatic heterocycles. The summed E-state index contributed by atoms with van der Waals surface area (Å²) in [4.78, 5) is 0. The van der Waals surface area contributed by atoms with Crippen molar-refractivity contribution in [1.29, 1.82) is 0 Å². The smallest absolute Gasteiger partial charge is 0.201 e. The van der Waals surface area contributed by atoms with Crippen molar-refractivity contribution in [3.05, 3.63) is 42.5 Å². The topological polar surface area (TPSA) is 71.9 Å². The van der Waals surface area contributed by atoms with E-state index in [0.29, 0.717) is 5.69 Å². The van der Waals surface area contributed by atoms with E-state index in [0.717, 1.165) is 11.1 Å². The van der Waals surface area contributed by atoms with Crippen LogP contribution in [0.1, 0.15) is 0 Å². The van der Waals surface area contributed by atoms with Crippen LogP contribution in [0.15, 0.2) is 42.5 Å². The summed E-state index contributed by atoms with van der Waals surface area (Å²) in [6.07, 6.45) is 0. The molecule has 0 saturated carbocycles. The summed E-state index contributed by atoms with van der Waals surface area (Å²) in [5.41, 5.74) is 14.0. The van der Waals surface area contributed by atoms with Gasteiger partial charge in [0, 0.05) is 5.69 Å². The van der Waals surface area contributed by atoms with Crippen LogP contribution in [-0.2, 0) is 5.11 Å². The van der Waals surface area contributed by atoms with Crippen LogP contribution in [-0.4, -0.2) is 0 Å². The van der Waals surface area contributed by atoms with Gasteiger partial charge in [0.25, 0.3) is 0 Å². The highest BCUT2D eigenvalue weighted by Gasteiger charge is 2.02. The van der Waals surface area contributed by atoms with E-state index in [1.54, 1.807) is 12.1 Å². The maximum atomic E-state index is 11.1. The minimum Gasteiger partial charge on any atom is -0.399 e. The van der Waals surface area contributed by atoms with Crippen LogP contribution >= 0.6 is 0 Å². The van der Waals surface area contributed by atoms with Crippen LogP contribution in [0, 0.1) is 0 Å². The first-order chi connectivity index (χ1) is 7.16. The first-order valence-corrected chi connectivity index (χ1v) is 4.59. The van der Waals surface area contributed by atoms with Crippen molar-refractivity contribution in [3.63, 3.8) is 0 Å². The summed E-state index contributed by atoms with van der Waals surface area (Å²) in [5, 5.41) is 11.1. The molecule has 2 aromatic carbocycles. The molecule has 3 nitrogen and oxygen atoms in total. The van der Waals surface area contributed by atoms with E-state index in [2.05, 4.69) is 0 Å². The number of nitrogens with two attached hydrogens (primary N) is 2. The van der Waals surface area contributed by atoms with Gasteiger partial charge in [-0.25, -0.2) is 0 Å². The van der Waals surface area contributed by atoms with E-state index in [4.69, 9.17) is 11.5 Å². The predicted molar refractivity (Wildman–Crippen MR) is 60.8 cm³/mol. The third-order valence-electron chi connectivity index (χ3n) is 2.23. The number of anilines is 2. The summed E-state index contributed by atoms with van der Waals surface area (Å²) in [5.74, 6) is -0.150. The molecule has 0 saturated heterocycles. The van der Waals surface area contributed by atoms with Gasteiger partial charge < -0.3 is 11.5 Å². The molecule has 0 unspecified atom stereocenters. The summed E-state index contributed by atoms with van der Waals surface area (Å²) in [6, 6.07) is 12.3. The summed E-state index contributed by atoms with van der Waals surface area (Å²) in [6.45, 7) is 0. The van der Waals surface area contributed by atoms with Crippen LogP contribution < -0.4 is 11.5 Å². The van der Waals surface area contributed by atoms with E-state index in [-0.39, 0.29) is 11.4 Å². The molecular formula is C12H11N2O. The fourth-order valence-electron chi connectivity index (χ4n) is 1.45. The number of nitrogen functional groups attached to an aromatic ring is 2. The Morgan fingerprint density at radius 3 is 2.27 bits per heavy atom. The number of benzene rings is 2. The first kappa shape index (κ1) is 9.40. The Bertz CT molecular complexity index is 495. The molecule has 1 radical (unpaired) electrons. The average Bonchev–Trinajstić information content (AvgIpc) is 2.22. The van der Waals surface area contributed by atoms with Crippen molar-refractivity contribution >= 4 is 11.4 Å². The van der Waals surface area contributed by atoms with Crippen LogP contribution in [0.4, 0.5) is 11.4 Å². The fourth-order valence-corrected chi connectivity index (χ4v) is 1.45. The molecule has 0 heterocycles. The van der Waals surface area contributed by atoms with Gasteiger partial charge in [0.2, 0.25) is 5.75 Å². The zero-order valence-corrected chi connectivity index (χ0v) is 8.10. The first-order valence-electron chi connectivity index (χ1n) is 4.59. The van der Waals surface area contributed by atoms with Crippen molar-refractivity contribution in [2.75, 3.05) is 11.5 Å². The Hall–Kier alpha value is -2.16. The van der Waals surface area contributed by atoms with Gasteiger partial charge >= 0.3 is 0 Å². The maximum Gasteiger partial charge on any atom is 0.201 e. The van der Waals surface area contributed by atoms with Crippen LogP contribution in [0.3, 0.4) is 0 Å². The van der Waals surface area contributed by atoms with Gasteiger partial charge in [-0.3, -0.25) is 5.11 Å². The lowest BCUT2D eigenvalue weighted by molar-refractivity contribution is 0.357. The predicted octanol–water partition coefficient (Wildman–Crippen LogP) is 2.66. The Kier molecular flexibility index (Phi) is 2.21. The normalized spacial score (nSPS) is 10.1. The van der Waals surface area contributed by atoms with Gasteiger partial charge in [-0.15, -0.1) is 0 Å². The van der Waals surface area contributed by atoms with E-state index in [1.807, 2.05) is 24.3 Å². The maximum absolute atomic E-state index is 11.1. The Balaban J connectivity index is 2.50. The third-order valence-corrected chi connectivity index (χ3v) is 2.23. The van der Waals surface area contributed by atoms with Gasteiger partial charge in [0.1, 0.15) is 0 Å². The fraction of sp³-hybridized carbons (Fsp3) is 0. The van der Waals surface area contributed by atoms with Crippen LogP contribution in [0.2, 0.25) is 0 Å². The van der Waals surface area contributed by atoms with Crippen molar-refractivity contribution < 1.29 is 5.11 Å². The average molecular weight is 199 g/mol. The Labute approximate surface area is 88.0 Å². The summed E-state index contributed by atoms with van der Waals surface area (Å²) >= 11 is 0. The van der Waals surface area contributed by atoms with Gasteiger partial charge in [-0.05, 0) is 35.4 Å². The largest absolute Gasteiger partial charge is 0.399 e. The third kappa shape index (κ3) is 1.86. The van der Waals surface area contributed by atoms with Gasteiger partial charge in [-0.2, -0.15) is 0 Å². The van der Waals surface area contributed by atoms with Crippen molar-refractivity contribution in [1.82, 2.24) is 0 Å². The molecule has 2 rings (SSSR count). The van der Waals surface area contributed by atoms with Crippen molar-refractivity contribution in [2.45, 2.75) is 0 Å². The molecule has 0 aliphatic carbocycles. The minimum atomic E-state index is -0.150. The standard InChI is InChI=1S/C12H11N2O/c13-10-3-1-2-8(6-10)9-4-5-12(15)11(14)7-9/h1-7H,13-14H2. The van der Waals surface area contributed by atoms with E-state index in [9.17, 15) is 5.11 Å². The second-order valence-corrected chi connectivity index (χ2v) is 3.38. The highest BCUT2D eigenvalue weighted by Crippen LogP contribution is 2.28. The summed E-state index contributed by atoms with van der Waals surface area (Å²) in [7, 11) is 0. The van der Waals surface area contributed by atoms with Crippen LogP contribution in [0.5, 0.6) is 5.75 Å². The molecule has 4 N–H and O–H groups in total. The zero-order chi connectivity index (χ0) is 10.8. The molecular weight excluding hydrogens is 188 g/mol. The van der Waals surface area contributed by atoms with Crippen molar-refractivity contribution in [2.24, 2.45) is 0 Å². The lowest BCUT2D eigenvalue weighted by Crippen LogP contribution is -1.88. The minimum absolute atomic E-state index is 0.150. The van der Waals surface area contributed by atoms with Gasteiger partial charge in [0.15, 0.2) is 0 Å². The lowest BCUT2D eigenvalue weighted by Gasteiger charge is -2.04. The molecule has 15 heavy (non-hydrogen) atoms. The number of rotatable bonds is 1. The molecule has 0 bridgehead atoms.